The summed E-state index contributed by atoms with van der Waals surface area (Å²) in [7, 11) is 3.03. The zero-order chi connectivity index (χ0) is 23.1. The molecule has 0 aliphatic carbocycles. The van der Waals surface area contributed by atoms with Crippen molar-refractivity contribution >= 4 is 46.3 Å². The maximum Gasteiger partial charge on any atom is 0.271 e. The summed E-state index contributed by atoms with van der Waals surface area (Å²) < 4.78 is 30.3. The maximum absolute atomic E-state index is 13.0. The summed E-state index contributed by atoms with van der Waals surface area (Å²) >= 11 is 8.49. The van der Waals surface area contributed by atoms with E-state index >= 15 is 0 Å². The topological polar surface area (TPSA) is 69.2 Å². The van der Waals surface area contributed by atoms with E-state index in [1.165, 1.54) is 25.5 Å². The Morgan fingerprint density at radius 2 is 1.81 bits per heavy atom. The van der Waals surface area contributed by atoms with Gasteiger partial charge in [0.05, 0.1) is 29.0 Å². The van der Waals surface area contributed by atoms with Crippen molar-refractivity contribution in [2.45, 2.75) is 6.61 Å². The van der Waals surface area contributed by atoms with Crippen LogP contribution in [-0.2, 0) is 6.61 Å². The molecule has 0 saturated heterocycles. The van der Waals surface area contributed by atoms with Crippen molar-refractivity contribution in [2.24, 2.45) is 5.10 Å². The van der Waals surface area contributed by atoms with Gasteiger partial charge in [-0.2, -0.15) is 5.10 Å². The zero-order valence-electron chi connectivity index (χ0n) is 17.2. The quantitative estimate of drug-likeness (QED) is 0.223. The summed E-state index contributed by atoms with van der Waals surface area (Å²) in [6.07, 6.45) is 1.44. The first-order valence-electron chi connectivity index (χ1n) is 9.33. The van der Waals surface area contributed by atoms with Crippen molar-refractivity contribution in [3.63, 3.8) is 0 Å². The second-order valence-electron chi connectivity index (χ2n) is 6.50. The number of hydrazone groups is 1. The number of nitrogens with one attached hydrogen (secondary N) is 1. The van der Waals surface area contributed by atoms with Crippen LogP contribution in [0.4, 0.5) is 4.39 Å². The fraction of sp³-hybridized carbons (Fsp3) is 0.130. The molecular weight excluding hydrogens is 550 g/mol. The number of hydrogen-bond donors (Lipinski definition) is 1. The SMILES string of the molecule is COc1cc(C(=O)N/N=C\c2cc(Cl)c(OCc3ccc(F)cc3)c(OC)c2)ccc1I. The van der Waals surface area contributed by atoms with Crippen LogP contribution < -0.4 is 19.6 Å². The third-order valence-electron chi connectivity index (χ3n) is 4.34. The summed E-state index contributed by atoms with van der Waals surface area (Å²) in [6, 6.07) is 14.4. The number of ether oxygens (including phenoxy) is 3. The predicted molar refractivity (Wildman–Crippen MR) is 130 cm³/mol. The normalized spacial score (nSPS) is 10.8. The molecule has 166 valence electrons. The highest BCUT2D eigenvalue weighted by Gasteiger charge is 2.13. The number of rotatable bonds is 8. The Morgan fingerprint density at radius 1 is 1.09 bits per heavy atom. The maximum atomic E-state index is 13.0. The van der Waals surface area contributed by atoms with Crippen LogP contribution in [0, 0.1) is 9.39 Å². The van der Waals surface area contributed by atoms with Crippen LogP contribution in [-0.4, -0.2) is 26.3 Å². The smallest absolute Gasteiger partial charge is 0.271 e. The minimum atomic E-state index is -0.381. The summed E-state index contributed by atoms with van der Waals surface area (Å²) in [4.78, 5) is 12.3. The van der Waals surface area contributed by atoms with Gasteiger partial charge in [-0.3, -0.25) is 4.79 Å². The summed E-state index contributed by atoms with van der Waals surface area (Å²) in [5.41, 5.74) is 4.27. The Hall–Kier alpha value is -2.85. The Bertz CT molecular complexity index is 1140. The van der Waals surface area contributed by atoms with Crippen LogP contribution in [0.25, 0.3) is 0 Å². The van der Waals surface area contributed by atoms with Gasteiger partial charge < -0.3 is 14.2 Å². The molecule has 0 fully saturated rings. The van der Waals surface area contributed by atoms with E-state index < -0.39 is 0 Å². The number of carbonyl (C=O) groups is 1. The van der Waals surface area contributed by atoms with E-state index in [0.29, 0.717) is 33.4 Å². The number of amides is 1. The molecule has 3 rings (SSSR count). The Labute approximate surface area is 203 Å². The Kier molecular flexibility index (Phi) is 8.29. The van der Waals surface area contributed by atoms with E-state index in [2.05, 4.69) is 33.1 Å². The van der Waals surface area contributed by atoms with Crippen LogP contribution in [0.3, 0.4) is 0 Å². The van der Waals surface area contributed by atoms with Gasteiger partial charge in [0, 0.05) is 5.56 Å². The number of hydrogen-bond acceptors (Lipinski definition) is 5. The highest BCUT2D eigenvalue weighted by molar-refractivity contribution is 14.1. The minimum absolute atomic E-state index is 0.194. The molecule has 0 saturated carbocycles. The second-order valence-corrected chi connectivity index (χ2v) is 8.07. The molecule has 0 heterocycles. The van der Waals surface area contributed by atoms with E-state index in [-0.39, 0.29) is 18.3 Å². The van der Waals surface area contributed by atoms with Crippen molar-refractivity contribution < 1.29 is 23.4 Å². The molecule has 32 heavy (non-hydrogen) atoms. The lowest BCUT2D eigenvalue weighted by molar-refractivity contribution is 0.0954. The van der Waals surface area contributed by atoms with Crippen LogP contribution in [0.5, 0.6) is 17.2 Å². The van der Waals surface area contributed by atoms with E-state index in [0.717, 1.165) is 9.13 Å². The largest absolute Gasteiger partial charge is 0.496 e. The first-order valence-corrected chi connectivity index (χ1v) is 10.8. The van der Waals surface area contributed by atoms with Crippen molar-refractivity contribution in [3.8, 4) is 17.2 Å². The summed E-state index contributed by atoms with van der Waals surface area (Å²) in [5.74, 6) is 0.657. The average molecular weight is 569 g/mol. The standard InChI is InChI=1S/C23H19ClFIN2O4/c1-30-20-11-16(5-8-19(20)26)23(29)28-27-12-15-9-18(24)22(21(10-15)31-2)32-13-14-3-6-17(25)7-4-14/h3-12H,13H2,1-2H3,(H,28,29)/b27-12-. The highest BCUT2D eigenvalue weighted by atomic mass is 127. The molecular formula is C23H19ClFIN2O4. The molecule has 3 aromatic carbocycles. The number of nitrogens with zero attached hydrogens (tertiary/aromatic N) is 1. The number of benzene rings is 3. The van der Waals surface area contributed by atoms with Crippen molar-refractivity contribution in [2.75, 3.05) is 14.2 Å². The van der Waals surface area contributed by atoms with Crippen molar-refractivity contribution in [3.05, 3.63) is 85.7 Å². The third-order valence-corrected chi connectivity index (χ3v) is 5.51. The predicted octanol–water partition coefficient (Wildman–Crippen LogP) is 5.44. The second kappa shape index (κ2) is 11.1. The molecule has 0 bridgehead atoms. The summed E-state index contributed by atoms with van der Waals surface area (Å²) in [6.45, 7) is 0.194. The van der Waals surface area contributed by atoms with Gasteiger partial charge in [0.2, 0.25) is 0 Å². The molecule has 0 spiro atoms. The molecule has 0 radical (unpaired) electrons. The van der Waals surface area contributed by atoms with Crippen LogP contribution >= 0.6 is 34.2 Å². The van der Waals surface area contributed by atoms with E-state index in [4.69, 9.17) is 25.8 Å². The van der Waals surface area contributed by atoms with Gasteiger partial charge in [0.15, 0.2) is 11.5 Å². The molecule has 1 N–H and O–H groups in total. The lowest BCUT2D eigenvalue weighted by Gasteiger charge is -2.13. The van der Waals surface area contributed by atoms with Gasteiger partial charge in [-0.1, -0.05) is 23.7 Å². The first-order chi connectivity index (χ1) is 15.4. The molecule has 0 atom stereocenters. The lowest BCUT2D eigenvalue weighted by atomic mass is 10.2. The number of methoxy groups -OCH3 is 2. The van der Waals surface area contributed by atoms with Gasteiger partial charge in [-0.15, -0.1) is 0 Å². The summed E-state index contributed by atoms with van der Waals surface area (Å²) in [5, 5.41) is 4.29. The molecule has 3 aromatic rings. The van der Waals surface area contributed by atoms with Gasteiger partial charge in [0.1, 0.15) is 18.2 Å². The molecule has 1 amide bonds. The number of halogens is 3. The van der Waals surface area contributed by atoms with Crippen LogP contribution in [0.2, 0.25) is 5.02 Å². The average Bonchev–Trinajstić information content (AvgIpc) is 2.79. The van der Waals surface area contributed by atoms with Crippen LogP contribution in [0.15, 0.2) is 59.7 Å². The fourth-order valence-corrected chi connectivity index (χ4v) is 3.55. The van der Waals surface area contributed by atoms with E-state index in [1.54, 1.807) is 49.6 Å². The number of carbonyl (C=O) groups excluding carboxylic acids is 1. The van der Waals surface area contributed by atoms with E-state index in [1.807, 2.05) is 0 Å². The van der Waals surface area contributed by atoms with Gasteiger partial charge >= 0.3 is 0 Å². The molecule has 0 unspecified atom stereocenters. The fourth-order valence-electron chi connectivity index (χ4n) is 2.72. The first kappa shape index (κ1) is 23.8. The van der Waals surface area contributed by atoms with Crippen molar-refractivity contribution in [1.29, 1.82) is 0 Å². The van der Waals surface area contributed by atoms with Crippen molar-refractivity contribution in [1.82, 2.24) is 5.43 Å². The van der Waals surface area contributed by atoms with Gasteiger partial charge in [-0.05, 0) is 76.2 Å². The Morgan fingerprint density at radius 3 is 2.50 bits per heavy atom. The van der Waals surface area contributed by atoms with E-state index in [9.17, 15) is 9.18 Å². The van der Waals surface area contributed by atoms with Gasteiger partial charge in [-0.25, -0.2) is 9.82 Å². The monoisotopic (exact) mass is 568 g/mol. The Balaban J connectivity index is 1.69. The highest BCUT2D eigenvalue weighted by Crippen LogP contribution is 2.36. The third kappa shape index (κ3) is 6.10. The van der Waals surface area contributed by atoms with Crippen LogP contribution in [0.1, 0.15) is 21.5 Å². The molecule has 6 nitrogen and oxygen atoms in total. The van der Waals surface area contributed by atoms with Gasteiger partial charge in [0.25, 0.3) is 5.91 Å². The lowest BCUT2D eigenvalue weighted by Crippen LogP contribution is -2.17. The zero-order valence-corrected chi connectivity index (χ0v) is 20.1. The molecule has 9 heteroatoms. The molecule has 0 aliphatic rings. The molecule has 0 aromatic heterocycles. The minimum Gasteiger partial charge on any atom is -0.496 e. The molecule has 0 aliphatic heterocycles.